The van der Waals surface area contributed by atoms with Gasteiger partial charge in [0.15, 0.2) is 0 Å². The van der Waals surface area contributed by atoms with Gasteiger partial charge in [-0.2, -0.15) is 4.98 Å². The Bertz CT molecular complexity index is 634. The van der Waals surface area contributed by atoms with Gasteiger partial charge in [0.25, 0.3) is 0 Å². The summed E-state index contributed by atoms with van der Waals surface area (Å²) in [4.78, 5) is 16.1. The van der Waals surface area contributed by atoms with Crippen molar-refractivity contribution >= 4 is 21.9 Å². The van der Waals surface area contributed by atoms with Crippen molar-refractivity contribution in [3.8, 4) is 11.4 Å². The number of nitrogens with zero attached hydrogens (tertiary/aromatic N) is 2. The zero-order valence-electron chi connectivity index (χ0n) is 10.2. The maximum atomic E-state index is 11.7. The van der Waals surface area contributed by atoms with Gasteiger partial charge in [-0.25, -0.2) is 0 Å². The van der Waals surface area contributed by atoms with Gasteiger partial charge in [0.1, 0.15) is 5.41 Å². The highest BCUT2D eigenvalue weighted by atomic mass is 79.9. The predicted molar refractivity (Wildman–Crippen MR) is 70.4 cm³/mol. The lowest BCUT2D eigenvalue weighted by Gasteiger charge is -2.05. The predicted octanol–water partition coefficient (Wildman–Crippen LogP) is 2.70. The van der Waals surface area contributed by atoms with E-state index in [4.69, 9.17) is 9.26 Å². The van der Waals surface area contributed by atoms with Gasteiger partial charge in [-0.3, -0.25) is 4.79 Å². The van der Waals surface area contributed by atoms with Crippen LogP contribution in [0.2, 0.25) is 0 Å². The highest BCUT2D eigenvalue weighted by Crippen LogP contribution is 2.48. The van der Waals surface area contributed by atoms with Crippen LogP contribution in [0.15, 0.2) is 33.3 Å². The molecule has 0 saturated heterocycles. The fourth-order valence-corrected chi connectivity index (χ4v) is 2.46. The van der Waals surface area contributed by atoms with E-state index in [9.17, 15) is 4.79 Å². The van der Waals surface area contributed by atoms with Crippen molar-refractivity contribution in [3.63, 3.8) is 0 Å². The molecule has 5 nitrogen and oxygen atoms in total. The summed E-state index contributed by atoms with van der Waals surface area (Å²) in [5.74, 6) is 0.498. The number of ether oxygens (including phenoxy) is 1. The number of methoxy groups -OCH3 is 1. The lowest BCUT2D eigenvalue weighted by Crippen LogP contribution is -2.22. The number of halogens is 1. The first-order valence-electron chi connectivity index (χ1n) is 5.85. The van der Waals surface area contributed by atoms with Crippen LogP contribution in [0.3, 0.4) is 0 Å². The van der Waals surface area contributed by atoms with Gasteiger partial charge in [-0.05, 0) is 25.0 Å². The van der Waals surface area contributed by atoms with E-state index < -0.39 is 5.41 Å². The Morgan fingerprint density at radius 3 is 2.79 bits per heavy atom. The SMILES string of the molecule is COC(=O)C1(c2nc(-c3ccccc3Br)no2)CC1. The van der Waals surface area contributed by atoms with Crippen LogP contribution in [0, 0.1) is 0 Å². The number of esters is 1. The van der Waals surface area contributed by atoms with Crippen molar-refractivity contribution in [1.29, 1.82) is 0 Å². The van der Waals surface area contributed by atoms with E-state index in [2.05, 4.69) is 26.1 Å². The van der Waals surface area contributed by atoms with Crippen molar-refractivity contribution < 1.29 is 14.1 Å². The molecule has 1 aromatic heterocycles. The van der Waals surface area contributed by atoms with Crippen molar-refractivity contribution in [2.45, 2.75) is 18.3 Å². The Hall–Kier alpha value is -1.69. The standard InChI is InChI=1S/C13H11BrN2O3/c1-18-12(17)13(6-7-13)11-15-10(16-19-11)8-4-2-3-5-9(8)14/h2-5H,6-7H2,1H3. The summed E-state index contributed by atoms with van der Waals surface area (Å²) < 4.78 is 10.9. The fourth-order valence-electron chi connectivity index (χ4n) is 2.00. The molecule has 6 heteroatoms. The Morgan fingerprint density at radius 1 is 1.42 bits per heavy atom. The zero-order chi connectivity index (χ0) is 13.5. The Labute approximate surface area is 118 Å². The second-order valence-corrected chi connectivity index (χ2v) is 5.33. The summed E-state index contributed by atoms with van der Waals surface area (Å²) in [6.45, 7) is 0. The van der Waals surface area contributed by atoms with Crippen LogP contribution in [0.4, 0.5) is 0 Å². The Balaban J connectivity index is 1.97. The third-order valence-electron chi connectivity index (χ3n) is 3.28. The molecule has 0 atom stereocenters. The molecule has 1 aliphatic rings. The molecule has 0 spiro atoms. The summed E-state index contributed by atoms with van der Waals surface area (Å²) in [6, 6.07) is 7.59. The minimum atomic E-state index is -0.721. The Kier molecular flexibility index (Phi) is 2.89. The lowest BCUT2D eigenvalue weighted by atomic mass is 10.1. The first kappa shape index (κ1) is 12.3. The number of aromatic nitrogens is 2. The largest absolute Gasteiger partial charge is 0.468 e. The van der Waals surface area contributed by atoms with E-state index in [0.717, 1.165) is 10.0 Å². The maximum absolute atomic E-state index is 11.7. The van der Waals surface area contributed by atoms with Gasteiger partial charge < -0.3 is 9.26 Å². The molecule has 19 heavy (non-hydrogen) atoms. The molecule has 0 N–H and O–H groups in total. The van der Waals surface area contributed by atoms with Gasteiger partial charge in [0, 0.05) is 10.0 Å². The van der Waals surface area contributed by atoms with Crippen molar-refractivity contribution in [2.24, 2.45) is 0 Å². The minimum absolute atomic E-state index is 0.310. The fraction of sp³-hybridized carbons (Fsp3) is 0.308. The van der Waals surface area contributed by atoms with Crippen molar-refractivity contribution in [3.05, 3.63) is 34.6 Å². The average molecular weight is 323 g/mol. The second-order valence-electron chi connectivity index (χ2n) is 4.48. The molecule has 1 fully saturated rings. The van der Waals surface area contributed by atoms with E-state index in [1.54, 1.807) is 0 Å². The van der Waals surface area contributed by atoms with Crippen molar-refractivity contribution in [1.82, 2.24) is 10.1 Å². The molecular formula is C13H11BrN2O3. The highest BCUT2D eigenvalue weighted by Gasteiger charge is 2.57. The van der Waals surface area contributed by atoms with Crippen LogP contribution in [0.5, 0.6) is 0 Å². The number of hydrogen-bond donors (Lipinski definition) is 0. The lowest BCUT2D eigenvalue weighted by molar-refractivity contribution is -0.144. The molecule has 1 heterocycles. The summed E-state index contributed by atoms with van der Waals surface area (Å²) in [5.41, 5.74) is 0.111. The van der Waals surface area contributed by atoms with E-state index in [1.807, 2.05) is 24.3 Å². The zero-order valence-corrected chi connectivity index (χ0v) is 11.8. The number of carbonyl (C=O) groups is 1. The third-order valence-corrected chi connectivity index (χ3v) is 3.97. The monoisotopic (exact) mass is 322 g/mol. The minimum Gasteiger partial charge on any atom is -0.468 e. The van der Waals surface area contributed by atoms with E-state index in [-0.39, 0.29) is 5.97 Å². The molecule has 2 aromatic rings. The van der Waals surface area contributed by atoms with Gasteiger partial charge in [0.05, 0.1) is 7.11 Å². The third kappa shape index (κ3) is 1.96. The van der Waals surface area contributed by atoms with Gasteiger partial charge in [-0.1, -0.05) is 33.2 Å². The van der Waals surface area contributed by atoms with Crippen LogP contribution >= 0.6 is 15.9 Å². The molecule has 98 valence electrons. The second kappa shape index (κ2) is 4.45. The number of benzene rings is 1. The molecule has 0 bridgehead atoms. The molecule has 1 aromatic carbocycles. The van der Waals surface area contributed by atoms with Gasteiger partial charge in [-0.15, -0.1) is 0 Å². The number of rotatable bonds is 3. The van der Waals surface area contributed by atoms with E-state index >= 15 is 0 Å². The molecule has 3 rings (SSSR count). The molecule has 1 saturated carbocycles. The number of hydrogen-bond acceptors (Lipinski definition) is 5. The van der Waals surface area contributed by atoms with Crippen LogP contribution in [-0.4, -0.2) is 23.2 Å². The van der Waals surface area contributed by atoms with Crippen LogP contribution in [0.1, 0.15) is 18.7 Å². The molecule has 0 radical (unpaired) electrons. The van der Waals surface area contributed by atoms with Crippen molar-refractivity contribution in [2.75, 3.05) is 7.11 Å². The number of carbonyl (C=O) groups excluding carboxylic acids is 1. The normalized spacial score (nSPS) is 16.1. The van der Waals surface area contributed by atoms with Gasteiger partial charge >= 0.3 is 5.97 Å². The Morgan fingerprint density at radius 2 is 2.16 bits per heavy atom. The smallest absolute Gasteiger partial charge is 0.321 e. The van der Waals surface area contributed by atoms with Crippen LogP contribution in [-0.2, 0) is 14.9 Å². The molecule has 0 amide bonds. The summed E-state index contributed by atoms with van der Waals surface area (Å²) in [6.07, 6.45) is 1.38. The summed E-state index contributed by atoms with van der Waals surface area (Å²) in [7, 11) is 1.37. The van der Waals surface area contributed by atoms with Crippen LogP contribution in [0.25, 0.3) is 11.4 Å². The van der Waals surface area contributed by atoms with Gasteiger partial charge in [0.2, 0.25) is 11.7 Å². The molecule has 0 unspecified atom stereocenters. The maximum Gasteiger partial charge on any atom is 0.321 e. The summed E-state index contributed by atoms with van der Waals surface area (Å²) in [5, 5.41) is 3.95. The quantitative estimate of drug-likeness (QED) is 0.813. The first-order valence-corrected chi connectivity index (χ1v) is 6.64. The van der Waals surface area contributed by atoms with Crippen LogP contribution < -0.4 is 0 Å². The average Bonchev–Trinajstić information content (AvgIpc) is 3.10. The highest BCUT2D eigenvalue weighted by molar-refractivity contribution is 9.10. The van der Waals surface area contributed by atoms with E-state index in [1.165, 1.54) is 7.11 Å². The first-order chi connectivity index (χ1) is 9.17. The molecule has 0 aliphatic heterocycles. The van der Waals surface area contributed by atoms with E-state index in [0.29, 0.717) is 24.6 Å². The summed E-state index contributed by atoms with van der Waals surface area (Å²) >= 11 is 3.44. The topological polar surface area (TPSA) is 65.2 Å². The molecular weight excluding hydrogens is 312 g/mol. The molecule has 1 aliphatic carbocycles.